The molecule has 2 N–H and O–H groups in total. The van der Waals surface area contributed by atoms with Crippen molar-refractivity contribution in [3.05, 3.63) is 29.3 Å². The molecule has 0 fully saturated rings. The minimum atomic E-state index is -3.05. The molecule has 3 nitrogen and oxygen atoms in total. The van der Waals surface area contributed by atoms with Gasteiger partial charge >= 0.3 is 0 Å². The van der Waals surface area contributed by atoms with Crippen LogP contribution in [0.25, 0.3) is 0 Å². The normalized spacial score (nSPS) is 11.4. The molecular formula is C12H15F2NO2. The number of Topliss-reactive ketones (excluding diaryl/α,β-unsaturated/α-hetero) is 1. The van der Waals surface area contributed by atoms with Gasteiger partial charge in [-0.3, -0.25) is 4.79 Å². The summed E-state index contributed by atoms with van der Waals surface area (Å²) in [5, 5.41) is 0. The number of hydrogen-bond acceptors (Lipinski definition) is 3. The summed E-state index contributed by atoms with van der Waals surface area (Å²) in [6.07, 6.45) is 0.140. The Bertz CT molecular complexity index is 413. The van der Waals surface area contributed by atoms with Crippen LogP contribution in [-0.4, -0.2) is 19.4 Å². The molecule has 0 aliphatic heterocycles. The van der Waals surface area contributed by atoms with Crippen molar-refractivity contribution < 1.29 is 18.3 Å². The third kappa shape index (κ3) is 3.23. The van der Waals surface area contributed by atoms with Gasteiger partial charge < -0.3 is 10.5 Å². The van der Waals surface area contributed by atoms with Crippen molar-refractivity contribution in [2.24, 2.45) is 5.73 Å². The highest BCUT2D eigenvalue weighted by Crippen LogP contribution is 2.35. The molecule has 17 heavy (non-hydrogen) atoms. The molecule has 0 radical (unpaired) electrons. The predicted octanol–water partition coefficient (Wildman–Crippen LogP) is 2.34. The molecule has 1 rings (SSSR count). The maximum atomic E-state index is 13.3. The van der Waals surface area contributed by atoms with Crippen LogP contribution in [0.3, 0.4) is 0 Å². The van der Waals surface area contributed by atoms with E-state index in [9.17, 15) is 13.6 Å². The quantitative estimate of drug-likeness (QED) is 0.807. The molecule has 0 atom stereocenters. The van der Waals surface area contributed by atoms with E-state index in [1.807, 2.05) is 0 Å². The molecule has 0 saturated heterocycles. The molecule has 0 aliphatic rings. The molecule has 0 amide bonds. The van der Waals surface area contributed by atoms with E-state index in [2.05, 4.69) is 0 Å². The molecule has 0 heterocycles. The van der Waals surface area contributed by atoms with Gasteiger partial charge in [0, 0.05) is 18.9 Å². The van der Waals surface area contributed by atoms with Crippen LogP contribution in [0.5, 0.6) is 5.75 Å². The first-order valence-corrected chi connectivity index (χ1v) is 5.19. The fourth-order valence-electron chi connectivity index (χ4n) is 1.50. The Morgan fingerprint density at radius 3 is 2.59 bits per heavy atom. The second-order valence-corrected chi connectivity index (χ2v) is 3.77. The Kier molecular flexibility index (Phi) is 4.17. The van der Waals surface area contributed by atoms with Crippen molar-refractivity contribution in [1.29, 1.82) is 0 Å². The summed E-state index contributed by atoms with van der Waals surface area (Å²) in [5.41, 5.74) is 5.19. The van der Waals surface area contributed by atoms with Crippen molar-refractivity contribution in [3.63, 3.8) is 0 Å². The van der Waals surface area contributed by atoms with E-state index in [0.717, 1.165) is 13.0 Å². The molecule has 1 aromatic rings. The Morgan fingerprint density at radius 1 is 1.47 bits per heavy atom. The lowest BCUT2D eigenvalue weighted by molar-refractivity contribution is 0.0150. The van der Waals surface area contributed by atoms with Crippen LogP contribution >= 0.6 is 0 Å². The van der Waals surface area contributed by atoms with Crippen LogP contribution in [-0.2, 0) is 5.92 Å². The Morgan fingerprint density at radius 2 is 2.12 bits per heavy atom. The highest BCUT2D eigenvalue weighted by molar-refractivity contribution is 5.96. The number of nitrogens with two attached hydrogens (primary N) is 1. The SMILES string of the molecule is COc1ccc(C(=O)CCN)cc1C(C)(F)F. The van der Waals surface area contributed by atoms with Crippen LogP contribution in [0, 0.1) is 0 Å². The van der Waals surface area contributed by atoms with E-state index in [4.69, 9.17) is 10.5 Å². The van der Waals surface area contributed by atoms with E-state index in [-0.39, 0.29) is 35.6 Å². The smallest absolute Gasteiger partial charge is 0.274 e. The largest absolute Gasteiger partial charge is 0.496 e. The highest BCUT2D eigenvalue weighted by atomic mass is 19.3. The number of halogens is 2. The molecular weight excluding hydrogens is 228 g/mol. The van der Waals surface area contributed by atoms with Gasteiger partial charge in [-0.15, -0.1) is 0 Å². The summed E-state index contributed by atoms with van der Waals surface area (Å²) in [5.74, 6) is -3.23. The summed E-state index contributed by atoms with van der Waals surface area (Å²) in [6.45, 7) is 0.963. The van der Waals surface area contributed by atoms with Crippen LogP contribution in [0.1, 0.15) is 29.3 Å². The molecule has 0 aromatic heterocycles. The van der Waals surface area contributed by atoms with Gasteiger partial charge in [0.25, 0.3) is 5.92 Å². The van der Waals surface area contributed by atoms with Gasteiger partial charge in [-0.25, -0.2) is 8.78 Å². The number of methoxy groups -OCH3 is 1. The van der Waals surface area contributed by atoms with Gasteiger partial charge in [-0.05, 0) is 24.7 Å². The third-order valence-corrected chi connectivity index (χ3v) is 2.37. The summed E-state index contributed by atoms with van der Waals surface area (Å²) in [6, 6.07) is 4.00. The Labute approximate surface area is 98.6 Å². The number of hydrogen-bond donors (Lipinski definition) is 1. The molecule has 0 bridgehead atoms. The minimum Gasteiger partial charge on any atom is -0.496 e. The highest BCUT2D eigenvalue weighted by Gasteiger charge is 2.29. The number of rotatable bonds is 5. The van der Waals surface area contributed by atoms with E-state index >= 15 is 0 Å². The fourth-order valence-corrected chi connectivity index (χ4v) is 1.50. The van der Waals surface area contributed by atoms with Gasteiger partial charge in [-0.2, -0.15) is 0 Å². The zero-order valence-corrected chi connectivity index (χ0v) is 9.80. The summed E-state index contributed by atoms with van der Waals surface area (Å²) >= 11 is 0. The minimum absolute atomic E-state index is 0.0711. The zero-order valence-electron chi connectivity index (χ0n) is 9.80. The van der Waals surface area contributed by atoms with Crippen LogP contribution in [0.2, 0.25) is 0 Å². The molecule has 0 aliphatic carbocycles. The lowest BCUT2D eigenvalue weighted by atomic mass is 10.0. The lowest BCUT2D eigenvalue weighted by Gasteiger charge is -2.15. The molecule has 0 spiro atoms. The lowest BCUT2D eigenvalue weighted by Crippen LogP contribution is -2.13. The summed E-state index contributed by atoms with van der Waals surface area (Å²) in [4.78, 5) is 11.6. The zero-order chi connectivity index (χ0) is 13.1. The van der Waals surface area contributed by atoms with Crippen molar-refractivity contribution >= 4 is 5.78 Å². The average molecular weight is 243 g/mol. The topological polar surface area (TPSA) is 52.3 Å². The van der Waals surface area contributed by atoms with E-state index in [0.29, 0.717) is 0 Å². The van der Waals surface area contributed by atoms with Crippen molar-refractivity contribution in [1.82, 2.24) is 0 Å². The third-order valence-electron chi connectivity index (χ3n) is 2.37. The first-order valence-electron chi connectivity index (χ1n) is 5.19. The molecule has 0 unspecified atom stereocenters. The van der Waals surface area contributed by atoms with Crippen molar-refractivity contribution in [2.75, 3.05) is 13.7 Å². The van der Waals surface area contributed by atoms with Crippen LogP contribution in [0.4, 0.5) is 8.78 Å². The first kappa shape index (κ1) is 13.6. The molecule has 5 heteroatoms. The molecule has 0 saturated carbocycles. The Hall–Kier alpha value is -1.49. The number of ether oxygens (including phenoxy) is 1. The van der Waals surface area contributed by atoms with Crippen LogP contribution < -0.4 is 10.5 Å². The van der Waals surface area contributed by atoms with Gasteiger partial charge in [-0.1, -0.05) is 0 Å². The number of benzene rings is 1. The molecule has 1 aromatic carbocycles. The first-order chi connectivity index (χ1) is 7.90. The number of ketones is 1. The Balaban J connectivity index is 3.18. The van der Waals surface area contributed by atoms with Gasteiger partial charge in [0.05, 0.1) is 12.7 Å². The van der Waals surface area contributed by atoms with E-state index in [1.54, 1.807) is 0 Å². The predicted molar refractivity (Wildman–Crippen MR) is 60.6 cm³/mol. The number of carbonyl (C=O) groups excluding carboxylic acids is 1. The monoisotopic (exact) mass is 243 g/mol. The van der Waals surface area contributed by atoms with Crippen LogP contribution in [0.15, 0.2) is 18.2 Å². The second-order valence-electron chi connectivity index (χ2n) is 3.77. The maximum Gasteiger partial charge on any atom is 0.274 e. The maximum absolute atomic E-state index is 13.3. The summed E-state index contributed by atoms with van der Waals surface area (Å²) < 4.78 is 31.5. The van der Waals surface area contributed by atoms with E-state index < -0.39 is 5.92 Å². The molecule has 94 valence electrons. The fraction of sp³-hybridized carbons (Fsp3) is 0.417. The average Bonchev–Trinajstić information content (AvgIpc) is 2.27. The number of alkyl halides is 2. The van der Waals surface area contributed by atoms with Gasteiger partial charge in [0.2, 0.25) is 0 Å². The van der Waals surface area contributed by atoms with Gasteiger partial charge in [0.15, 0.2) is 5.78 Å². The summed E-state index contributed by atoms with van der Waals surface area (Å²) in [7, 11) is 1.31. The van der Waals surface area contributed by atoms with Crippen molar-refractivity contribution in [3.8, 4) is 5.75 Å². The standard InChI is InChI=1S/C12H15F2NO2/c1-12(13,14)9-7-8(10(16)5-6-15)3-4-11(9)17-2/h3-4,7H,5-6,15H2,1-2H3. The van der Waals surface area contributed by atoms with Crippen molar-refractivity contribution in [2.45, 2.75) is 19.3 Å². The van der Waals surface area contributed by atoms with Gasteiger partial charge in [0.1, 0.15) is 5.75 Å². The second kappa shape index (κ2) is 5.23. The van der Waals surface area contributed by atoms with E-state index in [1.165, 1.54) is 19.2 Å². The number of carbonyl (C=O) groups is 1.